The number of piperidine rings is 1. The molecular weight excluding hydrogens is 190 g/mol. The van der Waals surface area contributed by atoms with Crippen LogP contribution in [0.1, 0.15) is 26.7 Å². The largest absolute Gasteiger partial charge is 0.335 e. The van der Waals surface area contributed by atoms with Gasteiger partial charge in [-0.2, -0.15) is 8.78 Å². The Hall–Kier alpha value is -0.710. The first-order valence-corrected chi connectivity index (χ1v) is 4.77. The first kappa shape index (κ1) is 11.4. The summed E-state index contributed by atoms with van der Waals surface area (Å²) in [6.45, 7) is 2.73. The predicted molar refractivity (Wildman–Crippen MR) is 49.0 cm³/mol. The molecule has 1 aliphatic heterocycles. The molecule has 1 heterocycles. The van der Waals surface area contributed by atoms with Gasteiger partial charge < -0.3 is 10.6 Å². The lowest BCUT2D eigenvalue weighted by molar-refractivity contribution is -0.158. The topological polar surface area (TPSA) is 46.3 Å². The average Bonchev–Trinajstić information content (AvgIpc) is 2.01. The zero-order chi connectivity index (χ0) is 10.9. The number of amides is 1. The number of likely N-dealkylation sites (tertiary alicyclic amines) is 1. The number of carbonyl (C=O) groups is 1. The molecule has 0 aliphatic carbocycles. The normalized spacial score (nSPS) is 29.1. The number of carbonyl (C=O) groups excluding carboxylic acids is 1. The lowest BCUT2D eigenvalue weighted by Gasteiger charge is -2.37. The highest BCUT2D eigenvalue weighted by molar-refractivity contribution is 5.83. The van der Waals surface area contributed by atoms with Crippen molar-refractivity contribution < 1.29 is 13.6 Å². The van der Waals surface area contributed by atoms with Gasteiger partial charge in [-0.25, -0.2) is 0 Å². The van der Waals surface area contributed by atoms with Crippen LogP contribution in [0.4, 0.5) is 8.78 Å². The van der Waals surface area contributed by atoms with Gasteiger partial charge in [-0.15, -0.1) is 0 Å². The van der Waals surface area contributed by atoms with E-state index in [0.717, 1.165) is 0 Å². The summed E-state index contributed by atoms with van der Waals surface area (Å²) in [6.07, 6.45) is 1.20. The quantitative estimate of drug-likeness (QED) is 0.695. The van der Waals surface area contributed by atoms with Crippen LogP contribution in [0.3, 0.4) is 0 Å². The fraction of sp³-hybridized carbons (Fsp3) is 0.889. The highest BCUT2D eigenvalue weighted by atomic mass is 19.3. The van der Waals surface area contributed by atoms with Crippen LogP contribution in [-0.2, 0) is 4.79 Å². The monoisotopic (exact) mass is 206 g/mol. The van der Waals surface area contributed by atoms with Gasteiger partial charge in [0.15, 0.2) is 0 Å². The molecule has 1 amide bonds. The molecule has 2 N–H and O–H groups in total. The molecule has 3 nitrogen and oxygen atoms in total. The second-order valence-corrected chi connectivity index (χ2v) is 4.02. The minimum absolute atomic E-state index is 0.0273. The van der Waals surface area contributed by atoms with E-state index in [1.54, 1.807) is 6.92 Å². The number of nitrogens with zero attached hydrogens (tertiary/aromatic N) is 1. The molecule has 1 fully saturated rings. The maximum atomic E-state index is 12.7. The van der Waals surface area contributed by atoms with Gasteiger partial charge in [0, 0.05) is 25.6 Å². The fourth-order valence-electron chi connectivity index (χ4n) is 1.76. The molecule has 0 saturated carbocycles. The Bertz CT molecular complexity index is 227. The van der Waals surface area contributed by atoms with Crippen molar-refractivity contribution in [1.29, 1.82) is 0 Å². The summed E-state index contributed by atoms with van der Waals surface area (Å²) >= 11 is 0. The van der Waals surface area contributed by atoms with E-state index in [-0.39, 0.29) is 12.1 Å². The molecule has 0 spiro atoms. The first-order chi connectivity index (χ1) is 6.32. The summed E-state index contributed by atoms with van der Waals surface area (Å²) in [5.74, 6) is -4.35. The number of nitrogens with two attached hydrogens (primary N) is 1. The fourth-order valence-corrected chi connectivity index (χ4v) is 1.76. The van der Waals surface area contributed by atoms with E-state index in [1.165, 1.54) is 4.90 Å². The van der Waals surface area contributed by atoms with E-state index in [4.69, 9.17) is 5.73 Å². The minimum Gasteiger partial charge on any atom is -0.335 e. The van der Waals surface area contributed by atoms with Crippen LogP contribution >= 0.6 is 0 Å². The van der Waals surface area contributed by atoms with E-state index in [1.807, 2.05) is 0 Å². The van der Waals surface area contributed by atoms with Crippen LogP contribution < -0.4 is 5.73 Å². The number of rotatable bonds is 1. The molecule has 0 aromatic carbocycles. The predicted octanol–water partition coefficient (Wildman–Crippen LogP) is 0.980. The van der Waals surface area contributed by atoms with Crippen LogP contribution in [-0.4, -0.2) is 35.4 Å². The summed E-state index contributed by atoms with van der Waals surface area (Å²) in [4.78, 5) is 12.5. The Morgan fingerprint density at radius 1 is 1.57 bits per heavy atom. The van der Waals surface area contributed by atoms with E-state index in [0.29, 0.717) is 26.3 Å². The Labute approximate surface area is 82.2 Å². The Balaban J connectivity index is 2.65. The Kier molecular flexibility index (Phi) is 3.09. The average molecular weight is 206 g/mol. The van der Waals surface area contributed by atoms with Crippen LogP contribution in [0.2, 0.25) is 0 Å². The summed E-state index contributed by atoms with van der Waals surface area (Å²) in [6, 6.07) is -0.156. The third-order valence-electron chi connectivity index (χ3n) is 2.55. The standard InChI is InChI=1S/C9H16F2N2O/c1-6-5-7(12)3-4-13(6)8(14)9(2,10)11/h6-7H,3-5,12H2,1-2H3. The molecule has 0 aromatic heterocycles. The van der Waals surface area contributed by atoms with E-state index in [9.17, 15) is 13.6 Å². The van der Waals surface area contributed by atoms with Crippen LogP contribution in [0.25, 0.3) is 0 Å². The van der Waals surface area contributed by atoms with Gasteiger partial charge in [0.2, 0.25) is 0 Å². The van der Waals surface area contributed by atoms with Crippen LogP contribution in [0.5, 0.6) is 0 Å². The Morgan fingerprint density at radius 3 is 2.57 bits per heavy atom. The second kappa shape index (κ2) is 3.81. The van der Waals surface area contributed by atoms with Crippen molar-refractivity contribution in [1.82, 2.24) is 4.90 Å². The van der Waals surface area contributed by atoms with Crippen LogP contribution in [0.15, 0.2) is 0 Å². The first-order valence-electron chi connectivity index (χ1n) is 4.77. The zero-order valence-corrected chi connectivity index (χ0v) is 8.46. The van der Waals surface area contributed by atoms with Crippen molar-refractivity contribution >= 4 is 5.91 Å². The van der Waals surface area contributed by atoms with Gasteiger partial charge in [-0.3, -0.25) is 4.79 Å². The molecule has 2 unspecified atom stereocenters. The molecule has 2 atom stereocenters. The van der Waals surface area contributed by atoms with Gasteiger partial charge in [0.05, 0.1) is 0 Å². The van der Waals surface area contributed by atoms with Crippen LogP contribution in [0, 0.1) is 0 Å². The lowest BCUT2D eigenvalue weighted by Crippen LogP contribution is -2.52. The van der Waals surface area contributed by atoms with Crippen molar-refractivity contribution in [3.05, 3.63) is 0 Å². The molecule has 1 saturated heterocycles. The minimum atomic E-state index is -3.27. The third-order valence-corrected chi connectivity index (χ3v) is 2.55. The molecular formula is C9H16F2N2O. The second-order valence-electron chi connectivity index (χ2n) is 4.02. The van der Waals surface area contributed by atoms with Gasteiger partial charge in [-0.05, 0) is 19.8 Å². The Morgan fingerprint density at radius 2 is 2.14 bits per heavy atom. The molecule has 5 heteroatoms. The van der Waals surface area contributed by atoms with E-state index >= 15 is 0 Å². The van der Waals surface area contributed by atoms with Crippen molar-refractivity contribution in [3.63, 3.8) is 0 Å². The molecule has 1 rings (SSSR count). The highest BCUT2D eigenvalue weighted by Gasteiger charge is 2.40. The summed E-state index contributed by atoms with van der Waals surface area (Å²) in [5, 5.41) is 0. The van der Waals surface area contributed by atoms with Gasteiger partial charge in [0.25, 0.3) is 5.91 Å². The smallest absolute Gasteiger partial charge is 0.322 e. The SMILES string of the molecule is CC1CC(N)CCN1C(=O)C(C)(F)F. The highest BCUT2D eigenvalue weighted by Crippen LogP contribution is 2.22. The third kappa shape index (κ3) is 2.41. The molecule has 82 valence electrons. The lowest BCUT2D eigenvalue weighted by atomic mass is 9.98. The molecule has 1 aliphatic rings. The van der Waals surface area contributed by atoms with Crippen molar-refractivity contribution in [2.75, 3.05) is 6.54 Å². The molecule has 0 bridgehead atoms. The molecule has 0 aromatic rings. The van der Waals surface area contributed by atoms with Gasteiger partial charge in [0.1, 0.15) is 0 Å². The van der Waals surface area contributed by atoms with E-state index < -0.39 is 11.8 Å². The van der Waals surface area contributed by atoms with Crippen molar-refractivity contribution in [2.45, 2.75) is 44.7 Å². The molecule has 14 heavy (non-hydrogen) atoms. The molecule has 0 radical (unpaired) electrons. The van der Waals surface area contributed by atoms with E-state index in [2.05, 4.69) is 0 Å². The summed E-state index contributed by atoms with van der Waals surface area (Å²) < 4.78 is 25.5. The van der Waals surface area contributed by atoms with Crippen molar-refractivity contribution in [2.24, 2.45) is 5.73 Å². The van der Waals surface area contributed by atoms with Crippen molar-refractivity contribution in [3.8, 4) is 0 Å². The number of halogens is 2. The maximum Gasteiger partial charge on any atom is 0.322 e. The summed E-state index contributed by atoms with van der Waals surface area (Å²) in [7, 11) is 0. The number of hydrogen-bond acceptors (Lipinski definition) is 2. The zero-order valence-electron chi connectivity index (χ0n) is 8.46. The van der Waals surface area contributed by atoms with Gasteiger partial charge >= 0.3 is 5.92 Å². The number of hydrogen-bond donors (Lipinski definition) is 1. The number of alkyl halides is 2. The maximum absolute atomic E-state index is 12.7. The summed E-state index contributed by atoms with van der Waals surface area (Å²) in [5.41, 5.74) is 5.67. The van der Waals surface area contributed by atoms with Gasteiger partial charge in [-0.1, -0.05) is 0 Å².